The summed E-state index contributed by atoms with van der Waals surface area (Å²) >= 11 is 0. The summed E-state index contributed by atoms with van der Waals surface area (Å²) in [6.07, 6.45) is 0. The van der Waals surface area contributed by atoms with Crippen LogP contribution in [0.4, 0.5) is 0 Å². The summed E-state index contributed by atoms with van der Waals surface area (Å²) in [4.78, 5) is 22.1. The molecule has 4 N–H and O–H groups in total. The molecule has 0 amide bonds. The van der Waals surface area contributed by atoms with Crippen molar-refractivity contribution in [2.45, 2.75) is 0 Å². The predicted molar refractivity (Wildman–Crippen MR) is 94.6 cm³/mol. The molecule has 26 heavy (non-hydrogen) atoms. The molecule has 3 aromatic rings. The van der Waals surface area contributed by atoms with E-state index in [-0.39, 0.29) is 22.6 Å². The molecule has 0 radical (unpaired) electrons. The predicted octanol–water partition coefficient (Wildman–Crippen LogP) is 3.83. The second kappa shape index (κ2) is 6.60. The molecule has 0 bridgehead atoms. The minimum Gasteiger partial charge on any atom is -0.507 e. The Labute approximate surface area is 148 Å². The first-order valence-electron chi connectivity index (χ1n) is 7.61. The van der Waals surface area contributed by atoms with Crippen LogP contribution < -0.4 is 0 Å². The zero-order chi connectivity index (χ0) is 18.8. The topological polar surface area (TPSA) is 115 Å². The molecule has 0 saturated heterocycles. The Morgan fingerprint density at radius 1 is 0.615 bits per heavy atom. The lowest BCUT2D eigenvalue weighted by molar-refractivity contribution is 0.0682. The van der Waals surface area contributed by atoms with Gasteiger partial charge in [0.1, 0.15) is 22.6 Å². The van der Waals surface area contributed by atoms with Gasteiger partial charge >= 0.3 is 11.9 Å². The maximum absolute atomic E-state index is 11.0. The van der Waals surface area contributed by atoms with Crippen LogP contribution in [0.25, 0.3) is 22.3 Å². The Bertz CT molecular complexity index is 940. The third-order valence-electron chi connectivity index (χ3n) is 4.01. The van der Waals surface area contributed by atoms with E-state index in [2.05, 4.69) is 0 Å². The molecule has 0 spiro atoms. The molecule has 6 heteroatoms. The maximum atomic E-state index is 11.0. The number of benzene rings is 3. The van der Waals surface area contributed by atoms with Crippen LogP contribution in [-0.4, -0.2) is 32.4 Å². The monoisotopic (exact) mass is 350 g/mol. The minimum atomic E-state index is -1.23. The van der Waals surface area contributed by atoms with Crippen molar-refractivity contribution in [2.75, 3.05) is 0 Å². The first-order chi connectivity index (χ1) is 12.4. The van der Waals surface area contributed by atoms with Crippen LogP contribution in [0.15, 0.2) is 60.7 Å². The van der Waals surface area contributed by atoms with E-state index in [4.69, 9.17) is 10.2 Å². The van der Waals surface area contributed by atoms with Gasteiger partial charge in [0.2, 0.25) is 0 Å². The van der Waals surface area contributed by atoms with Crippen molar-refractivity contribution in [1.29, 1.82) is 0 Å². The summed E-state index contributed by atoms with van der Waals surface area (Å²) in [5.74, 6) is -3.16. The Balaban J connectivity index is 2.13. The second-order valence-corrected chi connectivity index (χ2v) is 5.62. The number of phenols is 2. The summed E-state index contributed by atoms with van der Waals surface area (Å²) < 4.78 is 0. The Kier molecular flexibility index (Phi) is 4.33. The molecule has 0 unspecified atom stereocenters. The van der Waals surface area contributed by atoms with Crippen LogP contribution >= 0.6 is 0 Å². The fourth-order valence-electron chi connectivity index (χ4n) is 2.75. The first kappa shape index (κ1) is 17.0. The molecule has 3 rings (SSSR count). The number of carbonyl (C=O) groups is 2. The summed E-state index contributed by atoms with van der Waals surface area (Å²) in [5.41, 5.74) is 2.17. The number of hydrogen-bond acceptors (Lipinski definition) is 4. The van der Waals surface area contributed by atoms with E-state index < -0.39 is 11.9 Å². The minimum absolute atomic E-state index is 0.199. The fourth-order valence-corrected chi connectivity index (χ4v) is 2.75. The van der Waals surface area contributed by atoms with Crippen LogP contribution in [0.3, 0.4) is 0 Å². The number of rotatable bonds is 4. The molecule has 0 saturated carbocycles. The Hall–Kier alpha value is -3.80. The molecule has 0 aliphatic carbocycles. The highest BCUT2D eigenvalue weighted by Crippen LogP contribution is 2.36. The van der Waals surface area contributed by atoms with Gasteiger partial charge in [-0.15, -0.1) is 0 Å². The highest BCUT2D eigenvalue weighted by molar-refractivity contribution is 5.94. The van der Waals surface area contributed by atoms with Crippen LogP contribution in [0, 0.1) is 0 Å². The molecule has 130 valence electrons. The number of carboxylic acid groups (broad SMARTS) is 2. The smallest absolute Gasteiger partial charge is 0.339 e. The number of hydrogen-bond donors (Lipinski definition) is 4. The van der Waals surface area contributed by atoms with Gasteiger partial charge in [-0.1, -0.05) is 36.4 Å². The zero-order valence-electron chi connectivity index (χ0n) is 13.4. The summed E-state index contributed by atoms with van der Waals surface area (Å²) in [6, 6.07) is 15.6. The van der Waals surface area contributed by atoms with Crippen molar-refractivity contribution >= 4 is 11.9 Å². The van der Waals surface area contributed by atoms with Gasteiger partial charge in [-0.3, -0.25) is 0 Å². The van der Waals surface area contributed by atoms with Crippen molar-refractivity contribution < 1.29 is 30.0 Å². The quantitative estimate of drug-likeness (QED) is 0.568. The molecular weight excluding hydrogens is 336 g/mol. The maximum Gasteiger partial charge on any atom is 0.339 e. The standard InChI is InChI=1S/C20H14O6/c21-17-9-11(5-7-15(17)19(23)24)13-3-1-2-4-14(13)12-6-8-16(20(25)26)18(22)10-12/h1-10,21-22H,(H,23,24)(H,25,26). The summed E-state index contributed by atoms with van der Waals surface area (Å²) in [7, 11) is 0. The lowest BCUT2D eigenvalue weighted by Crippen LogP contribution is -1.97. The van der Waals surface area contributed by atoms with Crippen LogP contribution in [0.2, 0.25) is 0 Å². The summed E-state index contributed by atoms with van der Waals surface area (Å²) in [5, 5.41) is 37.9. The van der Waals surface area contributed by atoms with Gasteiger partial charge in [0.25, 0.3) is 0 Å². The Morgan fingerprint density at radius 2 is 1.00 bits per heavy atom. The van der Waals surface area contributed by atoms with Gasteiger partial charge in [0.05, 0.1) is 0 Å². The van der Waals surface area contributed by atoms with Crippen molar-refractivity contribution in [1.82, 2.24) is 0 Å². The Morgan fingerprint density at radius 3 is 1.31 bits per heavy atom. The van der Waals surface area contributed by atoms with Crippen LogP contribution in [-0.2, 0) is 0 Å². The van der Waals surface area contributed by atoms with Gasteiger partial charge in [-0.2, -0.15) is 0 Å². The normalized spacial score (nSPS) is 10.5. The second-order valence-electron chi connectivity index (χ2n) is 5.62. The fraction of sp³-hybridized carbons (Fsp3) is 0. The van der Waals surface area contributed by atoms with E-state index in [1.165, 1.54) is 24.3 Å². The third-order valence-corrected chi connectivity index (χ3v) is 4.01. The van der Waals surface area contributed by atoms with E-state index in [9.17, 15) is 19.8 Å². The van der Waals surface area contributed by atoms with Gasteiger partial charge in [-0.25, -0.2) is 9.59 Å². The molecule has 0 aromatic heterocycles. The average Bonchev–Trinajstić information content (AvgIpc) is 2.61. The molecular formula is C20H14O6. The van der Waals surface area contributed by atoms with Crippen LogP contribution in [0.1, 0.15) is 20.7 Å². The van der Waals surface area contributed by atoms with Gasteiger partial charge in [0.15, 0.2) is 0 Å². The molecule has 0 aliphatic heterocycles. The molecule has 0 atom stereocenters. The summed E-state index contributed by atoms with van der Waals surface area (Å²) in [6.45, 7) is 0. The van der Waals surface area contributed by atoms with E-state index in [1.807, 2.05) is 0 Å². The van der Waals surface area contributed by atoms with Gasteiger partial charge in [0, 0.05) is 0 Å². The number of aromatic hydroxyl groups is 2. The number of carboxylic acids is 2. The highest BCUT2D eigenvalue weighted by atomic mass is 16.4. The first-order valence-corrected chi connectivity index (χ1v) is 7.61. The molecule has 3 aromatic carbocycles. The van der Waals surface area contributed by atoms with E-state index in [0.717, 1.165) is 0 Å². The van der Waals surface area contributed by atoms with Crippen molar-refractivity contribution in [3.63, 3.8) is 0 Å². The van der Waals surface area contributed by atoms with E-state index >= 15 is 0 Å². The van der Waals surface area contributed by atoms with Crippen molar-refractivity contribution in [3.8, 4) is 33.8 Å². The van der Waals surface area contributed by atoms with E-state index in [1.54, 1.807) is 36.4 Å². The molecule has 0 aliphatic rings. The largest absolute Gasteiger partial charge is 0.507 e. The van der Waals surface area contributed by atoms with Crippen molar-refractivity contribution in [3.05, 3.63) is 71.8 Å². The molecule has 6 nitrogen and oxygen atoms in total. The lowest BCUT2D eigenvalue weighted by atomic mass is 9.93. The van der Waals surface area contributed by atoms with E-state index in [0.29, 0.717) is 22.3 Å². The third kappa shape index (κ3) is 3.08. The lowest BCUT2D eigenvalue weighted by Gasteiger charge is -2.12. The van der Waals surface area contributed by atoms with Gasteiger partial charge < -0.3 is 20.4 Å². The number of aromatic carboxylic acids is 2. The molecule has 0 heterocycles. The highest BCUT2D eigenvalue weighted by Gasteiger charge is 2.15. The van der Waals surface area contributed by atoms with Gasteiger partial charge in [-0.05, 0) is 46.5 Å². The average molecular weight is 350 g/mol. The molecule has 0 fully saturated rings. The van der Waals surface area contributed by atoms with Crippen LogP contribution in [0.5, 0.6) is 11.5 Å². The SMILES string of the molecule is O=C(O)c1ccc(-c2ccccc2-c2ccc(C(=O)O)c(O)c2)cc1O. The van der Waals surface area contributed by atoms with Crippen molar-refractivity contribution in [2.24, 2.45) is 0 Å². The zero-order valence-corrected chi connectivity index (χ0v) is 13.4.